The number of rotatable bonds is 0. The lowest BCUT2D eigenvalue weighted by Gasteiger charge is -1.74. The largest absolute Gasteiger partial charge is 0.236 e. The van der Waals surface area contributed by atoms with Gasteiger partial charge in [0.05, 0.1) is 0 Å². The highest BCUT2D eigenvalue weighted by molar-refractivity contribution is 7.80. The van der Waals surface area contributed by atoms with Crippen molar-refractivity contribution in [2.45, 2.75) is 12.4 Å². The van der Waals surface area contributed by atoms with Crippen molar-refractivity contribution < 1.29 is 4.39 Å². The Balaban J connectivity index is 0. The molecule has 0 radical (unpaired) electrons. The Bertz CT molecular complexity index is 14.4. The van der Waals surface area contributed by atoms with E-state index in [0.717, 1.165) is 0 Å². The maximum atomic E-state index is 10.9. The molecule has 0 saturated carbocycles. The first-order valence-electron chi connectivity index (χ1n) is 1.05. The second-order valence-electron chi connectivity index (χ2n) is 0.574. The van der Waals surface area contributed by atoms with Crippen molar-refractivity contribution in [2.24, 2.45) is 0 Å². The van der Waals surface area contributed by atoms with Crippen molar-refractivity contribution in [3.05, 3.63) is 0 Å². The maximum Gasteiger partial charge on any atom is 0.140 e. The van der Waals surface area contributed by atoms with Crippen LogP contribution in [-0.4, -0.2) is 5.50 Å². The highest BCUT2D eigenvalue weighted by atomic mass is 35.5. The Hall–Kier alpha value is 0.570. The summed E-state index contributed by atoms with van der Waals surface area (Å²) in [5.41, 5.74) is -0.972. The van der Waals surface area contributed by atoms with Gasteiger partial charge in [0.2, 0.25) is 0 Å². The molecule has 0 spiro atoms. The summed E-state index contributed by atoms with van der Waals surface area (Å²) in [5.74, 6) is 0. The molecule has 0 aromatic rings. The topological polar surface area (TPSA) is 0 Å². The summed E-state index contributed by atoms with van der Waals surface area (Å²) >= 11 is 3.30. The molecule has 0 N–H and O–H groups in total. The third-order valence-corrected chi connectivity index (χ3v) is 0. The molecule has 0 amide bonds. The van der Waals surface area contributed by atoms with E-state index in [1.165, 1.54) is 6.92 Å². The van der Waals surface area contributed by atoms with Gasteiger partial charge >= 0.3 is 0 Å². The Kier molecular flexibility index (Phi) is 8.34. The molecule has 0 heterocycles. The Morgan fingerprint density at radius 2 is 1.80 bits per heavy atom. The SMILES string of the molecule is CC(F)S.Cl. The van der Waals surface area contributed by atoms with E-state index in [0.29, 0.717) is 0 Å². The van der Waals surface area contributed by atoms with Gasteiger partial charge in [-0.05, 0) is 6.92 Å². The minimum Gasteiger partial charge on any atom is -0.236 e. The zero-order valence-electron chi connectivity index (χ0n) is 2.81. The molecule has 0 fully saturated rings. The van der Waals surface area contributed by atoms with E-state index in [4.69, 9.17) is 0 Å². The summed E-state index contributed by atoms with van der Waals surface area (Å²) in [6.07, 6.45) is 0. The molecule has 3 heteroatoms. The second-order valence-corrected chi connectivity index (χ2v) is 1.29. The van der Waals surface area contributed by atoms with Crippen LogP contribution in [0.15, 0.2) is 0 Å². The summed E-state index contributed by atoms with van der Waals surface area (Å²) in [4.78, 5) is 0. The summed E-state index contributed by atoms with van der Waals surface area (Å²) in [7, 11) is 0. The molecule has 0 aliphatic rings. The van der Waals surface area contributed by atoms with Crippen LogP contribution in [0.1, 0.15) is 6.92 Å². The fourth-order valence-electron chi connectivity index (χ4n) is 0. The molecule has 0 rings (SSSR count). The van der Waals surface area contributed by atoms with E-state index in [9.17, 15) is 4.39 Å². The van der Waals surface area contributed by atoms with Gasteiger partial charge in [0.15, 0.2) is 0 Å². The first-order chi connectivity index (χ1) is 1.73. The third kappa shape index (κ3) is 92.9. The molecule has 5 heavy (non-hydrogen) atoms. The molecule has 0 nitrogen and oxygen atoms in total. The molecule has 0 saturated heterocycles. The summed E-state index contributed by atoms with van der Waals surface area (Å²) in [6, 6.07) is 0. The summed E-state index contributed by atoms with van der Waals surface area (Å²) in [6.45, 7) is 1.36. The van der Waals surface area contributed by atoms with Crippen molar-refractivity contribution in [1.29, 1.82) is 0 Å². The van der Waals surface area contributed by atoms with E-state index < -0.39 is 5.50 Å². The van der Waals surface area contributed by atoms with Crippen LogP contribution < -0.4 is 0 Å². The highest BCUT2D eigenvalue weighted by Crippen LogP contribution is 1.88. The molecule has 1 atom stereocenters. The Morgan fingerprint density at radius 3 is 1.80 bits per heavy atom. The standard InChI is InChI=1S/C2H5FS.ClH/c1-2(3)4;/h2,4H,1H3;1H. The van der Waals surface area contributed by atoms with Crippen molar-refractivity contribution >= 4 is 25.0 Å². The van der Waals surface area contributed by atoms with Crippen LogP contribution in [0, 0.1) is 0 Å². The highest BCUT2D eigenvalue weighted by Gasteiger charge is 1.74. The Morgan fingerprint density at radius 1 is 1.80 bits per heavy atom. The van der Waals surface area contributed by atoms with Crippen LogP contribution in [0.2, 0.25) is 0 Å². The van der Waals surface area contributed by atoms with Gasteiger partial charge < -0.3 is 0 Å². The van der Waals surface area contributed by atoms with E-state index in [1.54, 1.807) is 0 Å². The van der Waals surface area contributed by atoms with E-state index >= 15 is 0 Å². The maximum absolute atomic E-state index is 10.9. The number of halogens is 2. The van der Waals surface area contributed by atoms with Crippen LogP contribution in [0.3, 0.4) is 0 Å². The molecule has 34 valence electrons. The zero-order chi connectivity index (χ0) is 3.58. The molecule has 0 aromatic carbocycles. The van der Waals surface area contributed by atoms with Crippen LogP contribution in [-0.2, 0) is 0 Å². The zero-order valence-corrected chi connectivity index (χ0v) is 4.52. The molecule has 0 bridgehead atoms. The van der Waals surface area contributed by atoms with Crippen molar-refractivity contribution in [3.63, 3.8) is 0 Å². The first-order valence-corrected chi connectivity index (χ1v) is 1.57. The average Bonchev–Trinajstić information content (AvgIpc) is 0.811. The predicted molar refractivity (Wildman–Crippen MR) is 26.8 cm³/mol. The monoisotopic (exact) mass is 116 g/mol. The van der Waals surface area contributed by atoms with Crippen molar-refractivity contribution in [2.75, 3.05) is 0 Å². The van der Waals surface area contributed by atoms with Crippen LogP contribution >= 0.6 is 25.0 Å². The quantitative estimate of drug-likeness (QED) is 0.457. The lowest BCUT2D eigenvalue weighted by atomic mass is 10.9. The average molecular weight is 117 g/mol. The number of alkyl halides is 1. The fourth-order valence-corrected chi connectivity index (χ4v) is 0. The van der Waals surface area contributed by atoms with E-state index in [2.05, 4.69) is 12.6 Å². The molecule has 0 aliphatic heterocycles. The number of hydrogen-bond donors (Lipinski definition) is 1. The molecule has 0 aromatic heterocycles. The first kappa shape index (κ1) is 9.13. The minimum atomic E-state index is -0.972. The van der Waals surface area contributed by atoms with Gasteiger partial charge in [-0.25, -0.2) is 4.39 Å². The van der Waals surface area contributed by atoms with Gasteiger partial charge in [-0.3, -0.25) is 0 Å². The van der Waals surface area contributed by atoms with Crippen LogP contribution in [0.5, 0.6) is 0 Å². The summed E-state index contributed by atoms with van der Waals surface area (Å²) in [5, 5.41) is 0. The fraction of sp³-hybridized carbons (Fsp3) is 1.00. The normalized spacial score (nSPS) is 12.6. The Labute approximate surface area is 42.6 Å². The van der Waals surface area contributed by atoms with Gasteiger partial charge in [0.25, 0.3) is 0 Å². The third-order valence-electron chi connectivity index (χ3n) is 0. The molecule has 0 aliphatic carbocycles. The van der Waals surface area contributed by atoms with Crippen LogP contribution in [0.25, 0.3) is 0 Å². The van der Waals surface area contributed by atoms with Gasteiger partial charge in [0, 0.05) is 0 Å². The molecular weight excluding hydrogens is 111 g/mol. The smallest absolute Gasteiger partial charge is 0.140 e. The van der Waals surface area contributed by atoms with Crippen molar-refractivity contribution in [3.8, 4) is 0 Å². The van der Waals surface area contributed by atoms with E-state index in [-0.39, 0.29) is 12.4 Å². The summed E-state index contributed by atoms with van der Waals surface area (Å²) < 4.78 is 10.9. The minimum absolute atomic E-state index is 0. The number of hydrogen-bond acceptors (Lipinski definition) is 1. The second kappa shape index (κ2) is 4.57. The molecule has 1 unspecified atom stereocenters. The van der Waals surface area contributed by atoms with Crippen molar-refractivity contribution in [1.82, 2.24) is 0 Å². The lowest BCUT2D eigenvalue weighted by molar-refractivity contribution is 0.487. The van der Waals surface area contributed by atoms with Gasteiger partial charge in [0.1, 0.15) is 5.50 Å². The predicted octanol–water partition coefficient (Wildman–Crippen LogP) is 1.65. The number of thiol groups is 1. The van der Waals surface area contributed by atoms with Crippen LogP contribution in [0.4, 0.5) is 4.39 Å². The van der Waals surface area contributed by atoms with E-state index in [1.807, 2.05) is 0 Å². The van der Waals surface area contributed by atoms with Gasteiger partial charge in [-0.15, -0.1) is 25.0 Å². The van der Waals surface area contributed by atoms with Gasteiger partial charge in [-0.1, -0.05) is 0 Å². The molecular formula is C2H6ClFS. The lowest BCUT2D eigenvalue weighted by Crippen LogP contribution is -1.67. The van der Waals surface area contributed by atoms with Gasteiger partial charge in [-0.2, -0.15) is 0 Å².